The maximum atomic E-state index is 13.5. The Bertz CT molecular complexity index is 918. The van der Waals surface area contributed by atoms with E-state index >= 15 is 0 Å². The number of aliphatic hydroxyl groups excluding tert-OH is 1. The zero-order valence-electron chi connectivity index (χ0n) is 23.5. The van der Waals surface area contributed by atoms with Crippen LogP contribution in [0.4, 0.5) is 0 Å². The molecule has 3 aliphatic carbocycles. The molecule has 4 rings (SSSR count). The lowest BCUT2D eigenvalue weighted by Gasteiger charge is -2.62. The van der Waals surface area contributed by atoms with E-state index in [1.807, 2.05) is 28.5 Å². The zero-order valence-corrected chi connectivity index (χ0v) is 25.2. The van der Waals surface area contributed by atoms with Gasteiger partial charge in [0, 0.05) is 40.6 Å². The second kappa shape index (κ2) is 11.9. The van der Waals surface area contributed by atoms with Gasteiger partial charge in [0.05, 0.1) is 6.10 Å². The third kappa shape index (κ3) is 5.47. The summed E-state index contributed by atoms with van der Waals surface area (Å²) in [5, 5.41) is 12.3. The summed E-state index contributed by atoms with van der Waals surface area (Å²) in [6.07, 6.45) is 8.22. The normalized spacial score (nSPS) is 42.6. The lowest BCUT2D eigenvalue weighted by molar-refractivity contribution is -0.207. The minimum absolute atomic E-state index is 0.0831. The predicted octanol–water partition coefficient (Wildman–Crippen LogP) is 6.15. The van der Waals surface area contributed by atoms with Crippen LogP contribution in [0.1, 0.15) is 91.9 Å². The molecule has 1 heterocycles. The lowest BCUT2D eigenvalue weighted by atomic mass is 9.43. The molecule has 0 aromatic rings. The lowest BCUT2D eigenvalue weighted by Crippen LogP contribution is -2.63. The van der Waals surface area contributed by atoms with Crippen molar-refractivity contribution in [1.82, 2.24) is 0 Å². The Kier molecular flexibility index (Phi) is 9.36. The molecule has 1 unspecified atom stereocenters. The van der Waals surface area contributed by atoms with E-state index in [1.54, 1.807) is 6.08 Å². The van der Waals surface area contributed by atoms with E-state index < -0.39 is 35.6 Å². The maximum Gasteiger partial charge on any atom is 0.344 e. The molecule has 0 radical (unpaired) electrons. The number of aliphatic hydroxyl groups is 1. The van der Waals surface area contributed by atoms with Gasteiger partial charge in [0.2, 0.25) is 0 Å². The highest BCUT2D eigenvalue weighted by molar-refractivity contribution is 8.77. The van der Waals surface area contributed by atoms with Gasteiger partial charge in [-0.2, -0.15) is 0 Å². The summed E-state index contributed by atoms with van der Waals surface area (Å²) in [6, 6.07) is 0. The monoisotopic (exact) mass is 566 g/mol. The van der Waals surface area contributed by atoms with E-state index in [1.165, 1.54) is 12.2 Å². The summed E-state index contributed by atoms with van der Waals surface area (Å²) >= 11 is 0. The highest BCUT2D eigenvalue weighted by atomic mass is 33.1. The van der Waals surface area contributed by atoms with Crippen molar-refractivity contribution in [3.63, 3.8) is 0 Å². The smallest absolute Gasteiger partial charge is 0.344 e. The maximum absolute atomic E-state index is 13.5. The molecule has 2 bridgehead atoms. The van der Waals surface area contributed by atoms with E-state index in [9.17, 15) is 19.5 Å². The zero-order chi connectivity index (χ0) is 27.7. The quantitative estimate of drug-likeness (QED) is 0.154. The Morgan fingerprint density at radius 2 is 1.92 bits per heavy atom. The summed E-state index contributed by atoms with van der Waals surface area (Å²) < 4.78 is 11.4. The van der Waals surface area contributed by atoms with Crippen LogP contribution >= 0.6 is 21.6 Å². The summed E-state index contributed by atoms with van der Waals surface area (Å²) in [6.45, 7) is 12.0. The molecule has 9 atom stereocenters. The van der Waals surface area contributed by atoms with Crippen molar-refractivity contribution >= 4 is 39.3 Å². The fourth-order valence-electron chi connectivity index (χ4n) is 8.28. The summed E-state index contributed by atoms with van der Waals surface area (Å²) in [7, 11) is 3.87. The summed E-state index contributed by atoms with van der Waals surface area (Å²) in [5.74, 6) is 0.395. The largest absolute Gasteiger partial charge is 0.459 e. The number of rotatable bonds is 9. The van der Waals surface area contributed by atoms with Gasteiger partial charge in [0.1, 0.15) is 11.9 Å². The van der Waals surface area contributed by atoms with Gasteiger partial charge in [-0.3, -0.25) is 9.59 Å². The summed E-state index contributed by atoms with van der Waals surface area (Å²) in [4.78, 5) is 38.8. The number of unbranched alkanes of at least 4 members (excludes halogenated alkanes) is 1. The molecule has 38 heavy (non-hydrogen) atoms. The Morgan fingerprint density at radius 3 is 2.61 bits per heavy atom. The number of hydrogen-bond donors (Lipinski definition) is 1. The van der Waals surface area contributed by atoms with E-state index in [0.29, 0.717) is 24.5 Å². The van der Waals surface area contributed by atoms with Gasteiger partial charge in [0.25, 0.3) is 0 Å². The minimum atomic E-state index is -0.709. The number of esters is 2. The molecular formula is C30H46O6S2. The SMILES string of the molecule is C=C[C@]1(C)C[C@@H](OC(=O)COC(=O)CCCCC2CCSS2)[C@]2(C)CC[C@@H](C)[C@@]3(CCC(=O)[C@@H]23)[C@@H](C)[C@@H]1O. The number of hydrogen-bond acceptors (Lipinski definition) is 8. The van der Waals surface area contributed by atoms with E-state index in [4.69, 9.17) is 9.47 Å². The highest BCUT2D eigenvalue weighted by Gasteiger charge is 2.68. The molecule has 3 saturated carbocycles. The van der Waals surface area contributed by atoms with Crippen molar-refractivity contribution in [2.45, 2.75) is 109 Å². The number of carbonyl (C=O) groups is 3. The van der Waals surface area contributed by atoms with Gasteiger partial charge >= 0.3 is 11.9 Å². The predicted molar refractivity (Wildman–Crippen MR) is 153 cm³/mol. The third-order valence-electron chi connectivity index (χ3n) is 10.7. The molecule has 0 aromatic heterocycles. The van der Waals surface area contributed by atoms with Gasteiger partial charge in [-0.25, -0.2) is 4.79 Å². The molecule has 6 nitrogen and oxygen atoms in total. The molecular weight excluding hydrogens is 520 g/mol. The molecule has 1 saturated heterocycles. The average molecular weight is 567 g/mol. The second-order valence-electron chi connectivity index (χ2n) is 12.8. The number of Topliss-reactive ketones (excluding diaryl/α,β-unsaturated/α-hetero) is 1. The first kappa shape index (κ1) is 30.0. The van der Waals surface area contributed by atoms with Gasteiger partial charge in [0.15, 0.2) is 6.61 Å². The van der Waals surface area contributed by atoms with Crippen molar-refractivity contribution in [3.05, 3.63) is 12.7 Å². The van der Waals surface area contributed by atoms with Crippen LogP contribution in [0.2, 0.25) is 0 Å². The summed E-state index contributed by atoms with van der Waals surface area (Å²) in [5.41, 5.74) is -1.56. The molecule has 1 N–H and O–H groups in total. The van der Waals surface area contributed by atoms with Gasteiger partial charge in [-0.15, -0.1) is 6.58 Å². The van der Waals surface area contributed by atoms with Crippen molar-refractivity contribution in [1.29, 1.82) is 0 Å². The molecule has 4 fully saturated rings. The Morgan fingerprint density at radius 1 is 1.16 bits per heavy atom. The van der Waals surface area contributed by atoms with Crippen molar-refractivity contribution < 1.29 is 29.0 Å². The fraction of sp³-hybridized carbons (Fsp3) is 0.833. The first-order valence-corrected chi connectivity index (χ1v) is 16.8. The molecule has 0 aromatic carbocycles. The van der Waals surface area contributed by atoms with Gasteiger partial charge < -0.3 is 14.6 Å². The van der Waals surface area contributed by atoms with Crippen LogP contribution in [0.15, 0.2) is 12.7 Å². The fourth-order valence-corrected chi connectivity index (χ4v) is 11.3. The van der Waals surface area contributed by atoms with Crippen LogP contribution in [-0.4, -0.2) is 52.6 Å². The van der Waals surface area contributed by atoms with E-state index in [0.717, 1.165) is 38.5 Å². The Hall–Kier alpha value is -0.990. The first-order chi connectivity index (χ1) is 18.0. The highest BCUT2D eigenvalue weighted by Crippen LogP contribution is 2.68. The molecule has 4 aliphatic rings. The second-order valence-corrected chi connectivity index (χ2v) is 15.6. The topological polar surface area (TPSA) is 89.9 Å². The van der Waals surface area contributed by atoms with E-state index in [-0.39, 0.29) is 34.9 Å². The third-order valence-corrected chi connectivity index (χ3v) is 13.7. The van der Waals surface area contributed by atoms with Crippen molar-refractivity contribution in [2.24, 2.45) is 34.0 Å². The van der Waals surface area contributed by atoms with Crippen LogP contribution in [0, 0.1) is 34.0 Å². The minimum Gasteiger partial charge on any atom is -0.459 e. The number of ether oxygens (including phenoxy) is 2. The van der Waals surface area contributed by atoms with Crippen LogP contribution < -0.4 is 0 Å². The van der Waals surface area contributed by atoms with Crippen LogP contribution in [0.5, 0.6) is 0 Å². The van der Waals surface area contributed by atoms with Crippen molar-refractivity contribution in [2.75, 3.05) is 12.4 Å². The van der Waals surface area contributed by atoms with Crippen LogP contribution in [0.25, 0.3) is 0 Å². The number of carbonyl (C=O) groups excluding carboxylic acids is 3. The van der Waals surface area contributed by atoms with Gasteiger partial charge in [-0.05, 0) is 62.2 Å². The Balaban J connectivity index is 1.44. The molecule has 0 amide bonds. The molecule has 0 spiro atoms. The average Bonchev–Trinajstić information content (AvgIpc) is 3.55. The Labute approximate surface area is 236 Å². The van der Waals surface area contributed by atoms with Crippen LogP contribution in [0.3, 0.4) is 0 Å². The van der Waals surface area contributed by atoms with Crippen LogP contribution in [-0.2, 0) is 23.9 Å². The van der Waals surface area contributed by atoms with E-state index in [2.05, 4.69) is 27.4 Å². The number of ketones is 1. The standard InChI is InChI=1S/C30H46O6S2/c1-6-28(4)17-23(36-25(33)18-35-24(32)10-8-7-9-21-13-16-37-38-21)29(5)14-11-19(2)30(20(3)27(28)34)15-12-22(31)26(29)30/h6,19-21,23,26-27,34H,1,7-18H2,2-5H3/t19-,20+,21?,23-,26+,27+,28-,29+,30+/m1/s1. The molecule has 214 valence electrons. The molecule has 1 aliphatic heterocycles. The van der Waals surface area contributed by atoms with Crippen molar-refractivity contribution in [3.8, 4) is 0 Å². The molecule has 8 heteroatoms. The van der Waals surface area contributed by atoms with Gasteiger partial charge in [-0.1, -0.05) is 61.8 Å². The first-order valence-electron chi connectivity index (χ1n) is 14.5.